The topological polar surface area (TPSA) is 48.4 Å². The van der Waals surface area contributed by atoms with Gasteiger partial charge in [-0.3, -0.25) is 0 Å². The maximum Gasteiger partial charge on any atom is 0.150 e. The zero-order chi connectivity index (χ0) is 14.0. The lowest BCUT2D eigenvalue weighted by Crippen LogP contribution is -2.15. The number of para-hydroxylation sites is 1. The van der Waals surface area contributed by atoms with E-state index in [-0.39, 0.29) is 12.0 Å². The number of allylic oxidation sites excluding steroid dienone is 2. The molecule has 0 bridgehead atoms. The second kappa shape index (κ2) is 3.70. The minimum Gasteiger partial charge on any atom is -0.483 e. The van der Waals surface area contributed by atoms with Crippen molar-refractivity contribution in [2.45, 2.75) is 12.0 Å². The van der Waals surface area contributed by atoms with Crippen molar-refractivity contribution < 1.29 is 9.15 Å². The molecule has 3 heteroatoms. The third-order valence-electron chi connectivity index (χ3n) is 4.36. The van der Waals surface area contributed by atoms with Gasteiger partial charge in [-0.15, -0.1) is 0 Å². The summed E-state index contributed by atoms with van der Waals surface area (Å²) < 4.78 is 12.1. The molecule has 2 aromatic carbocycles. The Balaban J connectivity index is 1.93. The average Bonchev–Trinajstić information content (AvgIpc) is 3.06. The summed E-state index contributed by atoms with van der Waals surface area (Å²) in [5.74, 6) is 0.948. The Labute approximate surface area is 121 Å². The highest BCUT2D eigenvalue weighted by molar-refractivity contribution is 6.08. The van der Waals surface area contributed by atoms with Crippen LogP contribution in [0.25, 0.3) is 21.9 Å². The first kappa shape index (κ1) is 11.0. The molecule has 102 valence electrons. The first-order valence-electron chi connectivity index (χ1n) is 7.08. The van der Waals surface area contributed by atoms with Crippen LogP contribution in [0.2, 0.25) is 0 Å². The van der Waals surface area contributed by atoms with E-state index in [1.807, 2.05) is 30.3 Å². The third kappa shape index (κ3) is 1.33. The minimum atomic E-state index is 0.0195. The summed E-state index contributed by atoms with van der Waals surface area (Å²) in [4.78, 5) is 0. The van der Waals surface area contributed by atoms with E-state index in [1.165, 1.54) is 0 Å². The van der Waals surface area contributed by atoms with Gasteiger partial charge in [-0.05, 0) is 18.2 Å². The van der Waals surface area contributed by atoms with Crippen LogP contribution in [0.1, 0.15) is 11.5 Å². The number of anilines is 1. The van der Waals surface area contributed by atoms with Crippen molar-refractivity contribution in [3.05, 3.63) is 60.2 Å². The van der Waals surface area contributed by atoms with Gasteiger partial charge in [0.2, 0.25) is 0 Å². The number of hydrogen-bond acceptors (Lipinski definition) is 3. The van der Waals surface area contributed by atoms with Crippen LogP contribution in [-0.4, -0.2) is 6.10 Å². The molecule has 2 heterocycles. The van der Waals surface area contributed by atoms with Crippen LogP contribution >= 0.6 is 0 Å². The number of nitrogen functional groups attached to an aromatic ring is 1. The Hall–Kier alpha value is -2.68. The van der Waals surface area contributed by atoms with Crippen LogP contribution in [0.3, 0.4) is 0 Å². The van der Waals surface area contributed by atoms with Crippen molar-refractivity contribution in [2.24, 2.45) is 0 Å². The van der Waals surface area contributed by atoms with E-state index in [0.29, 0.717) is 5.69 Å². The minimum absolute atomic E-state index is 0.0195. The highest BCUT2D eigenvalue weighted by Crippen LogP contribution is 2.50. The third-order valence-corrected chi connectivity index (χ3v) is 4.36. The molecule has 2 atom stereocenters. The molecular weight excluding hydrogens is 262 g/mol. The van der Waals surface area contributed by atoms with Crippen molar-refractivity contribution in [3.8, 4) is 5.75 Å². The predicted molar refractivity (Wildman–Crippen MR) is 83.6 cm³/mol. The number of rotatable bonds is 0. The monoisotopic (exact) mass is 275 g/mol. The standard InChI is InChI=1S/C18H13NO2/c19-13-9-12-10-5-1-3-7-14(10)20-17(12)16-11-6-2-4-8-15(11)21-18(13)16/h1-9,11,15H,19H2. The summed E-state index contributed by atoms with van der Waals surface area (Å²) in [5.41, 5.74) is 9.77. The predicted octanol–water partition coefficient (Wildman–Crippen LogP) is 4.14. The first-order valence-corrected chi connectivity index (χ1v) is 7.08. The van der Waals surface area contributed by atoms with Crippen molar-refractivity contribution >= 4 is 27.6 Å². The summed E-state index contributed by atoms with van der Waals surface area (Å²) in [6.07, 6.45) is 8.31. The molecule has 0 fully saturated rings. The number of hydrogen-bond donors (Lipinski definition) is 1. The molecule has 0 saturated carbocycles. The van der Waals surface area contributed by atoms with E-state index in [1.54, 1.807) is 0 Å². The van der Waals surface area contributed by atoms with Gasteiger partial charge in [0.05, 0.1) is 17.2 Å². The summed E-state index contributed by atoms with van der Waals surface area (Å²) in [5, 5.41) is 2.16. The van der Waals surface area contributed by atoms with Gasteiger partial charge < -0.3 is 14.9 Å². The fourth-order valence-electron chi connectivity index (χ4n) is 3.42. The van der Waals surface area contributed by atoms with Crippen LogP contribution < -0.4 is 10.5 Å². The molecule has 3 nitrogen and oxygen atoms in total. The van der Waals surface area contributed by atoms with Gasteiger partial charge >= 0.3 is 0 Å². The van der Waals surface area contributed by atoms with Crippen LogP contribution in [0.5, 0.6) is 5.75 Å². The Morgan fingerprint density at radius 2 is 1.86 bits per heavy atom. The fraction of sp³-hybridized carbons (Fsp3) is 0.111. The van der Waals surface area contributed by atoms with Gasteiger partial charge in [0.15, 0.2) is 5.75 Å². The summed E-state index contributed by atoms with van der Waals surface area (Å²) in [6.45, 7) is 0. The number of nitrogens with two attached hydrogens (primary N) is 1. The fourth-order valence-corrected chi connectivity index (χ4v) is 3.42. The summed E-state index contributed by atoms with van der Waals surface area (Å²) >= 11 is 0. The van der Waals surface area contributed by atoms with Gasteiger partial charge in [0, 0.05) is 10.8 Å². The molecule has 0 spiro atoms. The summed E-state index contributed by atoms with van der Waals surface area (Å²) in [6, 6.07) is 10.0. The van der Waals surface area contributed by atoms with Gasteiger partial charge in [-0.25, -0.2) is 0 Å². The lowest BCUT2D eigenvalue weighted by molar-refractivity contribution is 0.270. The molecule has 2 unspecified atom stereocenters. The molecule has 2 N–H and O–H groups in total. The van der Waals surface area contributed by atoms with Gasteiger partial charge in [0.25, 0.3) is 0 Å². The van der Waals surface area contributed by atoms with Gasteiger partial charge in [0.1, 0.15) is 17.3 Å². The summed E-state index contributed by atoms with van der Waals surface area (Å²) in [7, 11) is 0. The molecule has 1 aliphatic carbocycles. The number of ether oxygens (including phenoxy) is 1. The maximum atomic E-state index is 6.23. The molecule has 21 heavy (non-hydrogen) atoms. The second-order valence-corrected chi connectivity index (χ2v) is 5.56. The number of fused-ring (bicyclic) bond motifs is 7. The van der Waals surface area contributed by atoms with E-state index in [2.05, 4.69) is 24.3 Å². The van der Waals surface area contributed by atoms with Crippen LogP contribution in [0.4, 0.5) is 5.69 Å². The van der Waals surface area contributed by atoms with Crippen LogP contribution in [0, 0.1) is 0 Å². The second-order valence-electron chi connectivity index (χ2n) is 5.56. The Morgan fingerprint density at radius 1 is 1.00 bits per heavy atom. The highest BCUT2D eigenvalue weighted by atomic mass is 16.5. The van der Waals surface area contributed by atoms with Gasteiger partial charge in [-0.2, -0.15) is 0 Å². The largest absolute Gasteiger partial charge is 0.483 e. The maximum absolute atomic E-state index is 6.23. The van der Waals surface area contributed by atoms with E-state index < -0.39 is 0 Å². The quantitative estimate of drug-likeness (QED) is 0.627. The lowest BCUT2D eigenvalue weighted by atomic mass is 9.90. The molecule has 1 aromatic heterocycles. The number of furan rings is 1. The van der Waals surface area contributed by atoms with Gasteiger partial charge in [-0.1, -0.05) is 36.4 Å². The van der Waals surface area contributed by atoms with E-state index >= 15 is 0 Å². The highest BCUT2D eigenvalue weighted by Gasteiger charge is 2.36. The molecule has 5 rings (SSSR count). The van der Waals surface area contributed by atoms with E-state index in [4.69, 9.17) is 14.9 Å². The van der Waals surface area contributed by atoms with Crippen molar-refractivity contribution in [1.29, 1.82) is 0 Å². The van der Waals surface area contributed by atoms with E-state index in [9.17, 15) is 0 Å². The molecule has 1 aliphatic heterocycles. The lowest BCUT2D eigenvalue weighted by Gasteiger charge is -2.13. The van der Waals surface area contributed by atoms with E-state index in [0.717, 1.165) is 33.3 Å². The number of benzene rings is 2. The zero-order valence-electron chi connectivity index (χ0n) is 11.2. The smallest absolute Gasteiger partial charge is 0.150 e. The molecule has 0 amide bonds. The van der Waals surface area contributed by atoms with Crippen molar-refractivity contribution in [3.63, 3.8) is 0 Å². The van der Waals surface area contributed by atoms with Crippen LogP contribution in [0.15, 0.2) is 59.1 Å². The average molecular weight is 275 g/mol. The molecule has 0 radical (unpaired) electrons. The molecule has 2 aliphatic rings. The van der Waals surface area contributed by atoms with Crippen molar-refractivity contribution in [1.82, 2.24) is 0 Å². The first-order chi connectivity index (χ1) is 10.3. The SMILES string of the molecule is Nc1cc2c(oc3ccccc32)c2c1OC1C=CC=CC21. The normalized spacial score (nSPS) is 22.5. The Morgan fingerprint density at radius 3 is 2.81 bits per heavy atom. The molecule has 0 saturated heterocycles. The Bertz CT molecular complexity index is 949. The zero-order valence-corrected chi connectivity index (χ0v) is 11.2. The van der Waals surface area contributed by atoms with Crippen molar-refractivity contribution in [2.75, 3.05) is 5.73 Å². The molecular formula is C18H13NO2. The Kier molecular flexibility index (Phi) is 1.94. The molecule has 3 aromatic rings. The van der Waals surface area contributed by atoms with Crippen LogP contribution in [-0.2, 0) is 0 Å².